The number of ether oxygens (including phenoxy) is 3. The monoisotopic (exact) mass is 408 g/mol. The largest absolute Gasteiger partial charge is 0.494 e. The topological polar surface area (TPSA) is 44.8 Å². The molecule has 4 heteroatoms. The zero-order valence-electron chi connectivity index (χ0n) is 18.1. The molecule has 0 amide bonds. The molecule has 160 valence electrons. The van der Waals surface area contributed by atoms with Crippen molar-refractivity contribution in [2.75, 3.05) is 13.2 Å². The molecule has 4 rings (SSSR count). The molecule has 0 saturated heterocycles. The van der Waals surface area contributed by atoms with Crippen LogP contribution in [0.15, 0.2) is 42.5 Å². The molecule has 3 atom stereocenters. The van der Waals surface area contributed by atoms with E-state index in [9.17, 15) is 4.79 Å². The fourth-order valence-corrected chi connectivity index (χ4v) is 4.52. The van der Waals surface area contributed by atoms with E-state index < -0.39 is 0 Å². The van der Waals surface area contributed by atoms with Gasteiger partial charge in [0.05, 0.1) is 13.2 Å². The summed E-state index contributed by atoms with van der Waals surface area (Å²) in [4.78, 5) is 12.4. The average molecular weight is 409 g/mol. The van der Waals surface area contributed by atoms with E-state index >= 15 is 0 Å². The first-order valence-corrected chi connectivity index (χ1v) is 11.4. The van der Waals surface area contributed by atoms with Crippen molar-refractivity contribution in [1.82, 2.24) is 0 Å². The van der Waals surface area contributed by atoms with Crippen LogP contribution < -0.4 is 14.2 Å². The van der Waals surface area contributed by atoms with Gasteiger partial charge in [-0.3, -0.25) is 4.79 Å². The summed E-state index contributed by atoms with van der Waals surface area (Å²) < 4.78 is 18.1. The molecule has 30 heavy (non-hydrogen) atoms. The Hall–Kier alpha value is -2.49. The molecule has 0 radical (unpaired) electrons. The predicted octanol–water partition coefficient (Wildman–Crippen LogP) is 6.24. The molecule has 0 unspecified atom stereocenters. The van der Waals surface area contributed by atoms with Crippen molar-refractivity contribution < 1.29 is 19.0 Å². The standard InChI is InChI=1S/C26H32O4/c1-3-5-13-28-20-9-7-18(8-10-20)26-24-16-19(27)15-22(24)23-17-21(29-14-6-4-2)11-12-25(23)30-26/h7-12,17,22,24,26H,3-6,13-16H2,1-2H3/t22-,24-,26-/m0/s1. The van der Waals surface area contributed by atoms with Crippen molar-refractivity contribution in [3.8, 4) is 17.2 Å². The minimum atomic E-state index is -0.106. The van der Waals surface area contributed by atoms with Gasteiger partial charge in [0.1, 0.15) is 29.1 Å². The van der Waals surface area contributed by atoms with Crippen LogP contribution in [0.25, 0.3) is 0 Å². The minimum Gasteiger partial charge on any atom is -0.494 e. The maximum atomic E-state index is 12.4. The Labute approximate surface area is 179 Å². The molecule has 2 aromatic carbocycles. The van der Waals surface area contributed by atoms with Crippen molar-refractivity contribution in [3.63, 3.8) is 0 Å². The normalized spacial score (nSPS) is 22.2. The lowest BCUT2D eigenvalue weighted by atomic mass is 9.80. The molecule has 1 fully saturated rings. The van der Waals surface area contributed by atoms with Crippen LogP contribution in [0.4, 0.5) is 0 Å². The Morgan fingerprint density at radius 3 is 2.27 bits per heavy atom. The smallest absolute Gasteiger partial charge is 0.133 e. The van der Waals surface area contributed by atoms with Gasteiger partial charge in [0.2, 0.25) is 0 Å². The molecule has 1 heterocycles. The second-order valence-corrected chi connectivity index (χ2v) is 8.43. The van der Waals surface area contributed by atoms with Crippen LogP contribution in [0.3, 0.4) is 0 Å². The summed E-state index contributed by atoms with van der Waals surface area (Å²) in [5.74, 6) is 3.32. The van der Waals surface area contributed by atoms with E-state index in [0.717, 1.165) is 67.3 Å². The zero-order chi connectivity index (χ0) is 20.9. The van der Waals surface area contributed by atoms with Gasteiger partial charge in [-0.15, -0.1) is 0 Å². The number of benzene rings is 2. The summed E-state index contributed by atoms with van der Waals surface area (Å²) in [6.45, 7) is 5.77. The first kappa shape index (κ1) is 20.8. The first-order valence-electron chi connectivity index (χ1n) is 11.4. The number of Topliss-reactive ketones (excluding diaryl/α,β-unsaturated/α-hetero) is 1. The number of fused-ring (bicyclic) bond motifs is 3. The highest BCUT2D eigenvalue weighted by Crippen LogP contribution is 2.53. The van der Waals surface area contributed by atoms with Crippen LogP contribution in [0, 0.1) is 5.92 Å². The Morgan fingerprint density at radius 1 is 0.900 bits per heavy atom. The molecule has 2 aliphatic rings. The number of hydrogen-bond acceptors (Lipinski definition) is 4. The van der Waals surface area contributed by atoms with Gasteiger partial charge in [0, 0.05) is 30.2 Å². The fraction of sp³-hybridized carbons (Fsp3) is 0.500. The summed E-state index contributed by atoms with van der Waals surface area (Å²) in [6.07, 6.45) is 5.38. The fourth-order valence-electron chi connectivity index (χ4n) is 4.52. The van der Waals surface area contributed by atoms with Gasteiger partial charge < -0.3 is 14.2 Å². The van der Waals surface area contributed by atoms with Crippen molar-refractivity contribution in [1.29, 1.82) is 0 Å². The highest BCUT2D eigenvalue weighted by atomic mass is 16.5. The Morgan fingerprint density at radius 2 is 1.57 bits per heavy atom. The number of carbonyl (C=O) groups is 1. The molecule has 2 aromatic rings. The van der Waals surface area contributed by atoms with Crippen LogP contribution >= 0.6 is 0 Å². The van der Waals surface area contributed by atoms with Crippen LogP contribution in [0.1, 0.15) is 75.5 Å². The first-order chi connectivity index (χ1) is 14.7. The van der Waals surface area contributed by atoms with Crippen LogP contribution in [0.5, 0.6) is 17.2 Å². The number of rotatable bonds is 9. The third-order valence-corrected chi connectivity index (χ3v) is 6.19. The highest BCUT2D eigenvalue weighted by molar-refractivity contribution is 5.83. The number of ketones is 1. The summed E-state index contributed by atoms with van der Waals surface area (Å²) in [6, 6.07) is 14.3. The van der Waals surface area contributed by atoms with E-state index in [1.165, 1.54) is 0 Å². The second kappa shape index (κ2) is 9.55. The van der Waals surface area contributed by atoms with Gasteiger partial charge in [-0.25, -0.2) is 0 Å². The second-order valence-electron chi connectivity index (χ2n) is 8.43. The molecule has 1 saturated carbocycles. The SMILES string of the molecule is CCCCOc1ccc([C@@H]2Oc3ccc(OCCCC)cc3[C@@H]3CC(=O)C[C@@H]32)cc1. The van der Waals surface area contributed by atoms with Crippen molar-refractivity contribution >= 4 is 5.78 Å². The van der Waals surface area contributed by atoms with E-state index in [4.69, 9.17) is 14.2 Å². The van der Waals surface area contributed by atoms with E-state index in [2.05, 4.69) is 32.0 Å². The van der Waals surface area contributed by atoms with Gasteiger partial charge in [-0.2, -0.15) is 0 Å². The van der Waals surface area contributed by atoms with E-state index in [1.54, 1.807) is 0 Å². The van der Waals surface area contributed by atoms with Crippen molar-refractivity contribution in [2.24, 2.45) is 5.92 Å². The Kier molecular flexibility index (Phi) is 6.61. The third kappa shape index (κ3) is 4.48. The van der Waals surface area contributed by atoms with Gasteiger partial charge in [0.25, 0.3) is 0 Å². The van der Waals surface area contributed by atoms with E-state index in [0.29, 0.717) is 18.6 Å². The lowest BCUT2D eigenvalue weighted by Crippen LogP contribution is -2.26. The van der Waals surface area contributed by atoms with E-state index in [-0.39, 0.29) is 17.9 Å². The summed E-state index contributed by atoms with van der Waals surface area (Å²) in [7, 11) is 0. The molecule has 1 aliphatic carbocycles. The van der Waals surface area contributed by atoms with Crippen LogP contribution in [0.2, 0.25) is 0 Å². The average Bonchev–Trinajstić information content (AvgIpc) is 3.16. The summed E-state index contributed by atoms with van der Waals surface area (Å²) >= 11 is 0. The molecule has 4 nitrogen and oxygen atoms in total. The Bertz CT molecular complexity index is 858. The minimum absolute atomic E-state index is 0.106. The van der Waals surface area contributed by atoms with Crippen molar-refractivity contribution in [3.05, 3.63) is 53.6 Å². The molecule has 0 N–H and O–H groups in total. The van der Waals surface area contributed by atoms with E-state index in [1.807, 2.05) is 24.3 Å². The maximum absolute atomic E-state index is 12.4. The predicted molar refractivity (Wildman–Crippen MR) is 118 cm³/mol. The van der Waals surface area contributed by atoms with Crippen LogP contribution in [-0.2, 0) is 4.79 Å². The molecular weight excluding hydrogens is 376 g/mol. The molecule has 0 bridgehead atoms. The number of unbranched alkanes of at least 4 members (excludes halogenated alkanes) is 2. The molecule has 0 spiro atoms. The molecule has 1 aliphatic heterocycles. The highest BCUT2D eigenvalue weighted by Gasteiger charge is 2.45. The number of carbonyl (C=O) groups excluding carboxylic acids is 1. The van der Waals surface area contributed by atoms with Crippen LogP contribution in [-0.4, -0.2) is 19.0 Å². The molecule has 0 aromatic heterocycles. The van der Waals surface area contributed by atoms with Gasteiger partial charge >= 0.3 is 0 Å². The van der Waals surface area contributed by atoms with Gasteiger partial charge in [0.15, 0.2) is 0 Å². The summed E-state index contributed by atoms with van der Waals surface area (Å²) in [5.41, 5.74) is 2.23. The Balaban J connectivity index is 1.54. The lowest BCUT2D eigenvalue weighted by Gasteiger charge is -2.36. The number of hydrogen-bond donors (Lipinski definition) is 0. The van der Waals surface area contributed by atoms with Crippen molar-refractivity contribution in [2.45, 2.75) is 64.4 Å². The maximum Gasteiger partial charge on any atom is 0.133 e. The van der Waals surface area contributed by atoms with Gasteiger partial charge in [-0.1, -0.05) is 38.8 Å². The zero-order valence-corrected chi connectivity index (χ0v) is 18.1. The summed E-state index contributed by atoms with van der Waals surface area (Å²) in [5, 5.41) is 0. The third-order valence-electron chi connectivity index (χ3n) is 6.19. The van der Waals surface area contributed by atoms with Gasteiger partial charge in [-0.05, 0) is 48.7 Å². The lowest BCUT2D eigenvalue weighted by molar-refractivity contribution is -0.117. The molecular formula is C26H32O4. The quantitative estimate of drug-likeness (QED) is 0.461.